The van der Waals surface area contributed by atoms with Crippen LogP contribution < -0.4 is 16.2 Å². The molecule has 1 fully saturated rings. The van der Waals surface area contributed by atoms with Gasteiger partial charge in [-0.3, -0.25) is 20.2 Å². The van der Waals surface area contributed by atoms with Crippen LogP contribution in [0, 0.1) is 0 Å². The normalized spacial score (nSPS) is 14.0. The Morgan fingerprint density at radius 3 is 2.48 bits per heavy atom. The number of thiocarbonyl (C=S) groups is 1. The smallest absolute Gasteiger partial charge is 0.248 e. The summed E-state index contributed by atoms with van der Waals surface area (Å²) in [5.41, 5.74) is 7.17. The van der Waals surface area contributed by atoms with Crippen LogP contribution in [0.3, 0.4) is 0 Å². The third-order valence-electron chi connectivity index (χ3n) is 5.39. The molecule has 1 aliphatic rings. The van der Waals surface area contributed by atoms with Crippen molar-refractivity contribution >= 4 is 52.3 Å². The van der Waals surface area contributed by atoms with Crippen LogP contribution >= 0.6 is 35.6 Å². The molecule has 1 saturated carbocycles. The fourth-order valence-electron chi connectivity index (χ4n) is 3.82. The number of para-hydroxylation sites is 1. The largest absolute Gasteiger partial charge is 0.331 e. The Morgan fingerprint density at radius 1 is 1.03 bits per heavy atom. The molecule has 0 atom stereocenters. The second-order valence-electron chi connectivity index (χ2n) is 7.76. The number of benzene rings is 2. The highest BCUT2D eigenvalue weighted by Gasteiger charge is 2.24. The van der Waals surface area contributed by atoms with Gasteiger partial charge in [-0.1, -0.05) is 60.8 Å². The number of nitrogens with one attached hydrogen (secondary N) is 3. The Labute approximate surface area is 207 Å². The summed E-state index contributed by atoms with van der Waals surface area (Å²) in [6.07, 6.45) is 5.79. The summed E-state index contributed by atoms with van der Waals surface area (Å²) in [5, 5.41) is 13.6. The van der Waals surface area contributed by atoms with E-state index in [1.165, 1.54) is 31.0 Å². The number of nitrogens with zero attached hydrogens (tertiary/aromatic N) is 3. The number of hydrogen-bond acceptors (Lipinski definition) is 5. The predicted molar refractivity (Wildman–Crippen MR) is 137 cm³/mol. The fraction of sp³-hybridized carbons (Fsp3) is 0.304. The molecule has 2 aromatic carbocycles. The molecular weight excluding hydrogens is 476 g/mol. The van der Waals surface area contributed by atoms with Crippen molar-refractivity contribution < 1.29 is 4.79 Å². The molecular formula is C23H25ClN6OS2. The van der Waals surface area contributed by atoms with Crippen LogP contribution in [0.4, 0.5) is 5.69 Å². The number of hydrogen-bond donors (Lipinski definition) is 3. The van der Waals surface area contributed by atoms with Gasteiger partial charge in [-0.2, -0.15) is 0 Å². The number of thioether (sulfide) groups is 1. The summed E-state index contributed by atoms with van der Waals surface area (Å²) in [6.45, 7) is 0. The van der Waals surface area contributed by atoms with Crippen LogP contribution in [-0.4, -0.2) is 31.5 Å². The van der Waals surface area contributed by atoms with E-state index in [1.807, 2.05) is 54.6 Å². The molecule has 1 heterocycles. The second kappa shape index (κ2) is 11.5. The van der Waals surface area contributed by atoms with E-state index in [-0.39, 0.29) is 11.7 Å². The maximum Gasteiger partial charge on any atom is 0.248 e. The van der Waals surface area contributed by atoms with Crippen molar-refractivity contribution in [3.05, 3.63) is 59.6 Å². The van der Waals surface area contributed by atoms with Gasteiger partial charge in [0.1, 0.15) is 0 Å². The van der Waals surface area contributed by atoms with Crippen LogP contribution in [0.25, 0.3) is 11.4 Å². The number of amides is 1. The van der Waals surface area contributed by atoms with Gasteiger partial charge in [0.15, 0.2) is 16.1 Å². The third kappa shape index (κ3) is 6.46. The first-order valence-electron chi connectivity index (χ1n) is 10.8. The summed E-state index contributed by atoms with van der Waals surface area (Å²) in [6, 6.07) is 17.5. The molecule has 10 heteroatoms. The number of aromatic nitrogens is 3. The average Bonchev–Trinajstić information content (AvgIpc) is 3.27. The number of hydrazine groups is 1. The number of carbonyl (C=O) groups is 1. The maximum absolute atomic E-state index is 12.4. The van der Waals surface area contributed by atoms with Crippen LogP contribution in [0.5, 0.6) is 0 Å². The van der Waals surface area contributed by atoms with Gasteiger partial charge in [0, 0.05) is 22.3 Å². The maximum atomic E-state index is 12.4. The van der Waals surface area contributed by atoms with E-state index in [0.29, 0.717) is 16.2 Å². The van der Waals surface area contributed by atoms with E-state index < -0.39 is 0 Å². The summed E-state index contributed by atoms with van der Waals surface area (Å²) in [4.78, 5) is 12.4. The molecule has 3 N–H and O–H groups in total. The van der Waals surface area contributed by atoms with E-state index in [2.05, 4.69) is 30.9 Å². The molecule has 4 rings (SSSR count). The van der Waals surface area contributed by atoms with Gasteiger partial charge in [0.05, 0.1) is 5.75 Å². The van der Waals surface area contributed by atoms with Crippen molar-refractivity contribution in [2.45, 2.75) is 43.3 Å². The summed E-state index contributed by atoms with van der Waals surface area (Å²) < 4.78 is 2.19. The molecule has 0 saturated heterocycles. The fourth-order valence-corrected chi connectivity index (χ4v) is 4.92. The zero-order valence-corrected chi connectivity index (χ0v) is 20.3. The molecule has 33 heavy (non-hydrogen) atoms. The monoisotopic (exact) mass is 500 g/mol. The highest BCUT2D eigenvalue weighted by molar-refractivity contribution is 7.99. The Balaban J connectivity index is 1.39. The SMILES string of the molecule is O=C(CSc1nnc(-c2ccc(Cl)cc2)n1C1CCCCC1)NNC(=S)Nc1ccccc1. The van der Waals surface area contributed by atoms with Gasteiger partial charge in [-0.25, -0.2) is 0 Å². The zero-order valence-electron chi connectivity index (χ0n) is 18.0. The molecule has 7 nitrogen and oxygen atoms in total. The van der Waals surface area contributed by atoms with E-state index in [0.717, 1.165) is 35.1 Å². The van der Waals surface area contributed by atoms with E-state index in [9.17, 15) is 4.79 Å². The quantitative estimate of drug-likeness (QED) is 0.243. The molecule has 3 aromatic rings. The number of anilines is 1. The minimum atomic E-state index is -0.205. The highest BCUT2D eigenvalue weighted by Crippen LogP contribution is 2.35. The predicted octanol–water partition coefficient (Wildman–Crippen LogP) is 5.21. The summed E-state index contributed by atoms with van der Waals surface area (Å²) in [5.74, 6) is 0.795. The first-order chi connectivity index (χ1) is 16.1. The lowest BCUT2D eigenvalue weighted by atomic mass is 9.95. The summed E-state index contributed by atoms with van der Waals surface area (Å²) in [7, 11) is 0. The van der Waals surface area contributed by atoms with Crippen molar-refractivity contribution in [2.75, 3.05) is 11.1 Å². The summed E-state index contributed by atoms with van der Waals surface area (Å²) >= 11 is 12.7. The lowest BCUT2D eigenvalue weighted by Gasteiger charge is -2.25. The van der Waals surface area contributed by atoms with Crippen LogP contribution in [0.1, 0.15) is 38.1 Å². The van der Waals surface area contributed by atoms with E-state index >= 15 is 0 Å². The molecule has 1 amide bonds. The third-order valence-corrected chi connectivity index (χ3v) is 6.79. The second-order valence-corrected chi connectivity index (χ2v) is 9.54. The minimum Gasteiger partial charge on any atom is -0.331 e. The van der Waals surface area contributed by atoms with Crippen LogP contribution in [0.15, 0.2) is 59.8 Å². The molecule has 0 aliphatic heterocycles. The van der Waals surface area contributed by atoms with Crippen molar-refractivity contribution in [3.63, 3.8) is 0 Å². The Hall–Kier alpha value is -2.62. The van der Waals surface area contributed by atoms with Crippen molar-refractivity contribution in [1.29, 1.82) is 0 Å². The first-order valence-corrected chi connectivity index (χ1v) is 12.6. The van der Waals surface area contributed by atoms with Gasteiger partial charge in [0.25, 0.3) is 0 Å². The van der Waals surface area contributed by atoms with Crippen molar-refractivity contribution in [2.24, 2.45) is 0 Å². The zero-order chi connectivity index (χ0) is 23.0. The van der Waals surface area contributed by atoms with Gasteiger partial charge in [-0.05, 0) is 61.5 Å². The van der Waals surface area contributed by atoms with E-state index in [4.69, 9.17) is 23.8 Å². The molecule has 1 aromatic heterocycles. The molecule has 0 spiro atoms. The Kier molecular flexibility index (Phi) is 8.20. The lowest BCUT2D eigenvalue weighted by Crippen LogP contribution is -2.44. The van der Waals surface area contributed by atoms with Crippen LogP contribution in [-0.2, 0) is 4.79 Å². The average molecular weight is 501 g/mol. The van der Waals surface area contributed by atoms with Gasteiger partial charge in [0.2, 0.25) is 5.91 Å². The topological polar surface area (TPSA) is 83.9 Å². The standard InChI is InChI=1S/C23H25ClN6OS2/c24-17-13-11-16(12-14-17)21-27-29-23(30(21)19-9-5-2-6-10-19)33-15-20(31)26-28-22(32)25-18-7-3-1-4-8-18/h1,3-4,7-8,11-14,19H,2,5-6,9-10,15H2,(H,26,31)(H2,25,28,32). The molecule has 1 aliphatic carbocycles. The number of carbonyl (C=O) groups excluding carboxylic acids is 1. The van der Waals surface area contributed by atoms with Gasteiger partial charge < -0.3 is 5.32 Å². The van der Waals surface area contributed by atoms with Gasteiger partial charge >= 0.3 is 0 Å². The van der Waals surface area contributed by atoms with Gasteiger partial charge in [-0.15, -0.1) is 10.2 Å². The van der Waals surface area contributed by atoms with Crippen molar-refractivity contribution in [3.8, 4) is 11.4 Å². The highest BCUT2D eigenvalue weighted by atomic mass is 35.5. The number of halogens is 1. The van der Waals surface area contributed by atoms with E-state index in [1.54, 1.807) is 0 Å². The Bertz CT molecular complexity index is 1080. The molecule has 0 bridgehead atoms. The lowest BCUT2D eigenvalue weighted by molar-refractivity contribution is -0.119. The Morgan fingerprint density at radius 2 is 1.76 bits per heavy atom. The molecule has 172 valence electrons. The molecule has 0 unspecified atom stereocenters. The van der Waals surface area contributed by atoms with Crippen LogP contribution in [0.2, 0.25) is 5.02 Å². The number of rotatable bonds is 6. The van der Waals surface area contributed by atoms with Crippen molar-refractivity contribution in [1.82, 2.24) is 25.6 Å². The minimum absolute atomic E-state index is 0.187. The molecule has 0 radical (unpaired) electrons. The first kappa shape index (κ1) is 23.5.